The SMILES string of the molecule is Cc1c(-c2cccc3oc4cc(-n5c6ccccc6c6ccc7c8ccccc8n(-c8ccccc8)c7c65)ccc4c23)nc(-c2ccccc2)c2ccccc12. The zero-order valence-electron chi connectivity index (χ0n) is 30.6. The van der Waals surface area contributed by atoms with Gasteiger partial charge in [-0.1, -0.05) is 133 Å². The number of furan rings is 1. The maximum absolute atomic E-state index is 6.80. The smallest absolute Gasteiger partial charge is 0.137 e. The van der Waals surface area contributed by atoms with Crippen LogP contribution in [-0.2, 0) is 0 Å². The van der Waals surface area contributed by atoms with Crippen molar-refractivity contribution >= 4 is 76.3 Å². The van der Waals surface area contributed by atoms with E-state index in [2.05, 4.69) is 198 Å². The van der Waals surface area contributed by atoms with Crippen molar-refractivity contribution < 1.29 is 4.42 Å². The summed E-state index contributed by atoms with van der Waals surface area (Å²) in [5, 5.41) is 9.39. The fourth-order valence-corrected chi connectivity index (χ4v) is 9.24. The van der Waals surface area contributed by atoms with E-state index in [1.54, 1.807) is 0 Å². The number of nitrogens with zero attached hydrogens (tertiary/aromatic N) is 3. The van der Waals surface area contributed by atoms with Crippen LogP contribution in [0.25, 0.3) is 110 Å². The summed E-state index contributed by atoms with van der Waals surface area (Å²) in [4.78, 5) is 5.44. The van der Waals surface area contributed by atoms with Gasteiger partial charge in [0, 0.05) is 60.6 Å². The monoisotopic (exact) mass is 715 g/mol. The molecule has 56 heavy (non-hydrogen) atoms. The lowest BCUT2D eigenvalue weighted by atomic mass is 9.94. The van der Waals surface area contributed by atoms with Crippen LogP contribution in [0.2, 0.25) is 0 Å². The van der Waals surface area contributed by atoms with Crippen molar-refractivity contribution in [2.75, 3.05) is 0 Å². The van der Waals surface area contributed by atoms with Gasteiger partial charge in [0.25, 0.3) is 0 Å². The third kappa shape index (κ3) is 4.32. The molecule has 0 spiro atoms. The molecule has 0 N–H and O–H groups in total. The van der Waals surface area contributed by atoms with E-state index in [9.17, 15) is 0 Å². The van der Waals surface area contributed by atoms with E-state index in [4.69, 9.17) is 9.40 Å². The number of para-hydroxylation sites is 3. The molecule has 0 aliphatic rings. The summed E-state index contributed by atoms with van der Waals surface area (Å²) < 4.78 is 11.7. The molecule has 4 aromatic heterocycles. The van der Waals surface area contributed by atoms with E-state index in [0.717, 1.165) is 72.3 Å². The Bertz CT molecular complexity index is 3530. The maximum Gasteiger partial charge on any atom is 0.137 e. The van der Waals surface area contributed by atoms with E-state index >= 15 is 0 Å². The van der Waals surface area contributed by atoms with Crippen molar-refractivity contribution in [2.45, 2.75) is 6.92 Å². The number of benzene rings is 8. The molecule has 4 heterocycles. The van der Waals surface area contributed by atoms with Crippen molar-refractivity contribution in [3.05, 3.63) is 188 Å². The second kappa shape index (κ2) is 11.8. The first-order valence-electron chi connectivity index (χ1n) is 19.1. The van der Waals surface area contributed by atoms with E-state index in [-0.39, 0.29) is 0 Å². The quantitative estimate of drug-likeness (QED) is 0.182. The van der Waals surface area contributed by atoms with Crippen molar-refractivity contribution in [2.24, 2.45) is 0 Å². The highest BCUT2D eigenvalue weighted by atomic mass is 16.3. The fourth-order valence-electron chi connectivity index (χ4n) is 9.24. The van der Waals surface area contributed by atoms with E-state index < -0.39 is 0 Å². The van der Waals surface area contributed by atoms with Gasteiger partial charge in [-0.3, -0.25) is 0 Å². The van der Waals surface area contributed by atoms with Crippen LogP contribution in [0.5, 0.6) is 0 Å². The molecule has 0 fully saturated rings. The third-order valence-electron chi connectivity index (χ3n) is 11.7. The van der Waals surface area contributed by atoms with E-state index in [1.165, 1.54) is 43.5 Å². The molecular weight excluding hydrogens is 683 g/mol. The van der Waals surface area contributed by atoms with Gasteiger partial charge in [-0.25, -0.2) is 4.98 Å². The van der Waals surface area contributed by atoms with Crippen LogP contribution in [0.1, 0.15) is 5.56 Å². The first-order chi connectivity index (χ1) is 27.7. The van der Waals surface area contributed by atoms with Crippen molar-refractivity contribution in [1.29, 1.82) is 0 Å². The highest BCUT2D eigenvalue weighted by Gasteiger charge is 2.23. The van der Waals surface area contributed by atoms with Gasteiger partial charge in [0.05, 0.1) is 39.1 Å². The average molecular weight is 716 g/mol. The molecule has 0 atom stereocenters. The van der Waals surface area contributed by atoms with Crippen LogP contribution in [0.15, 0.2) is 186 Å². The van der Waals surface area contributed by atoms with Crippen LogP contribution in [0.4, 0.5) is 0 Å². The molecule has 0 radical (unpaired) electrons. The van der Waals surface area contributed by atoms with Gasteiger partial charge in [-0.05, 0) is 60.3 Å². The molecular formula is C52H33N3O. The topological polar surface area (TPSA) is 35.9 Å². The Kier molecular flexibility index (Phi) is 6.52. The minimum atomic E-state index is 0.841. The Labute approximate surface area is 322 Å². The highest BCUT2D eigenvalue weighted by Crippen LogP contribution is 2.44. The number of pyridine rings is 1. The lowest BCUT2D eigenvalue weighted by Gasteiger charge is -2.15. The number of hydrogen-bond acceptors (Lipinski definition) is 2. The Hall–Kier alpha value is -7.43. The average Bonchev–Trinajstić information content (AvgIpc) is 3.92. The van der Waals surface area contributed by atoms with Crippen LogP contribution in [-0.4, -0.2) is 14.1 Å². The first kappa shape index (κ1) is 31.0. The van der Waals surface area contributed by atoms with Gasteiger partial charge < -0.3 is 13.6 Å². The molecule has 262 valence electrons. The summed E-state index contributed by atoms with van der Waals surface area (Å²) in [5.74, 6) is 0. The standard InChI is InChI=1S/C52H33N3O/c1-32-36-19-8-9-22-39(36)50(33-15-4-2-5-16-33)53-49(32)43-23-14-26-46-48(43)42-28-27-35(31-47(42)56-46)55-45-25-13-11-21-38(45)41-30-29-40-37-20-10-12-24-44(37)54(51(40)52(41)55)34-17-6-3-7-18-34/h2-31H,1H3. The minimum Gasteiger partial charge on any atom is -0.456 e. The molecule has 12 aromatic rings. The number of aromatic nitrogens is 3. The summed E-state index contributed by atoms with van der Waals surface area (Å²) in [6.07, 6.45) is 0. The van der Waals surface area contributed by atoms with E-state index in [1.807, 2.05) is 0 Å². The summed E-state index contributed by atoms with van der Waals surface area (Å²) in [6.45, 7) is 2.19. The second-order valence-electron chi connectivity index (χ2n) is 14.7. The number of aryl methyl sites for hydroxylation is 1. The zero-order valence-corrected chi connectivity index (χ0v) is 30.6. The Morgan fingerprint density at radius 1 is 0.411 bits per heavy atom. The molecule has 4 nitrogen and oxygen atoms in total. The van der Waals surface area contributed by atoms with Gasteiger partial charge in [0.2, 0.25) is 0 Å². The molecule has 12 rings (SSSR count). The van der Waals surface area contributed by atoms with Crippen molar-refractivity contribution in [3.8, 4) is 33.9 Å². The van der Waals surface area contributed by atoms with Gasteiger partial charge >= 0.3 is 0 Å². The van der Waals surface area contributed by atoms with Gasteiger partial charge in [0.15, 0.2) is 0 Å². The predicted octanol–water partition coefficient (Wildman–Crippen LogP) is 14.0. The third-order valence-corrected chi connectivity index (χ3v) is 11.7. The fraction of sp³-hybridized carbons (Fsp3) is 0.0192. The van der Waals surface area contributed by atoms with Crippen LogP contribution in [0.3, 0.4) is 0 Å². The summed E-state index contributed by atoms with van der Waals surface area (Å²) >= 11 is 0. The molecule has 0 bridgehead atoms. The van der Waals surface area contributed by atoms with Gasteiger partial charge in [-0.15, -0.1) is 0 Å². The van der Waals surface area contributed by atoms with Gasteiger partial charge in [0.1, 0.15) is 11.2 Å². The second-order valence-corrected chi connectivity index (χ2v) is 14.7. The summed E-state index contributed by atoms with van der Waals surface area (Å²) in [7, 11) is 0. The Morgan fingerprint density at radius 3 is 1.68 bits per heavy atom. The number of rotatable bonds is 4. The zero-order chi connectivity index (χ0) is 36.9. The Balaban J connectivity index is 1.14. The molecule has 0 saturated heterocycles. The molecule has 0 unspecified atom stereocenters. The molecule has 0 aliphatic heterocycles. The molecule has 4 heteroatoms. The normalized spacial score (nSPS) is 12.0. The highest BCUT2D eigenvalue weighted by molar-refractivity contribution is 6.24. The first-order valence-corrected chi connectivity index (χ1v) is 19.1. The largest absolute Gasteiger partial charge is 0.456 e. The lowest BCUT2D eigenvalue weighted by molar-refractivity contribution is 0.668. The molecule has 0 aliphatic carbocycles. The number of fused-ring (bicyclic) bond motifs is 11. The summed E-state index contributed by atoms with van der Waals surface area (Å²) in [6, 6.07) is 65.0. The lowest BCUT2D eigenvalue weighted by Crippen LogP contribution is -1.98. The van der Waals surface area contributed by atoms with Crippen LogP contribution in [0, 0.1) is 6.92 Å². The molecule has 0 saturated carbocycles. The Morgan fingerprint density at radius 2 is 0.982 bits per heavy atom. The predicted molar refractivity (Wildman–Crippen MR) is 233 cm³/mol. The van der Waals surface area contributed by atoms with Crippen LogP contribution < -0.4 is 0 Å². The van der Waals surface area contributed by atoms with Crippen LogP contribution >= 0.6 is 0 Å². The molecule has 8 aromatic carbocycles. The van der Waals surface area contributed by atoms with Crippen molar-refractivity contribution in [1.82, 2.24) is 14.1 Å². The van der Waals surface area contributed by atoms with E-state index in [0.29, 0.717) is 0 Å². The number of hydrogen-bond donors (Lipinski definition) is 0. The molecule has 0 amide bonds. The van der Waals surface area contributed by atoms with Crippen molar-refractivity contribution in [3.63, 3.8) is 0 Å². The summed E-state index contributed by atoms with van der Waals surface area (Å²) in [5.41, 5.74) is 13.9. The maximum atomic E-state index is 6.80. The van der Waals surface area contributed by atoms with Gasteiger partial charge in [-0.2, -0.15) is 0 Å². The minimum absolute atomic E-state index is 0.841.